The van der Waals surface area contributed by atoms with Gasteiger partial charge in [-0.15, -0.1) is 12.4 Å². The summed E-state index contributed by atoms with van der Waals surface area (Å²) in [6.07, 6.45) is 0.993. The summed E-state index contributed by atoms with van der Waals surface area (Å²) in [6, 6.07) is 7.51. The Balaban J connectivity index is 0.00000162. The van der Waals surface area contributed by atoms with E-state index in [-0.39, 0.29) is 12.4 Å². The van der Waals surface area contributed by atoms with E-state index in [1.165, 1.54) is 0 Å². The molecule has 0 bridgehead atoms. The highest BCUT2D eigenvalue weighted by Crippen LogP contribution is 2.27. The van der Waals surface area contributed by atoms with Crippen LogP contribution in [0.25, 0.3) is 0 Å². The molecule has 1 heterocycles. The van der Waals surface area contributed by atoms with E-state index in [1.54, 1.807) is 6.07 Å². The van der Waals surface area contributed by atoms with Gasteiger partial charge in [-0.25, -0.2) is 4.79 Å². The van der Waals surface area contributed by atoms with Crippen LogP contribution in [-0.4, -0.2) is 29.8 Å². The van der Waals surface area contributed by atoms with Crippen molar-refractivity contribution >= 4 is 18.4 Å². The first-order valence-electron chi connectivity index (χ1n) is 5.82. The number of carboxylic acid groups (broad SMARTS) is 1. The lowest BCUT2D eigenvalue weighted by Gasteiger charge is -2.34. The number of carboxylic acids is 1. The van der Waals surface area contributed by atoms with Gasteiger partial charge in [-0.1, -0.05) is 12.1 Å². The predicted octanol–water partition coefficient (Wildman–Crippen LogP) is 2.00. The predicted molar refractivity (Wildman–Crippen MR) is 71.5 cm³/mol. The van der Waals surface area contributed by atoms with Crippen molar-refractivity contribution in [2.75, 3.05) is 13.1 Å². The maximum absolute atomic E-state index is 11.4. The topological polar surface area (TPSA) is 58.6 Å². The molecule has 1 aliphatic rings. The van der Waals surface area contributed by atoms with Crippen LogP contribution < -0.4 is 10.1 Å². The van der Waals surface area contributed by atoms with Crippen LogP contribution in [-0.2, 0) is 4.79 Å². The number of aryl methyl sites for hydroxylation is 1. The summed E-state index contributed by atoms with van der Waals surface area (Å²) in [5.74, 6) is -0.241. The van der Waals surface area contributed by atoms with Gasteiger partial charge in [-0.05, 0) is 37.7 Å². The molecule has 1 aliphatic heterocycles. The molecule has 2 N–H and O–H groups in total. The first kappa shape index (κ1) is 14.8. The van der Waals surface area contributed by atoms with E-state index < -0.39 is 11.6 Å². The fourth-order valence-electron chi connectivity index (χ4n) is 2.09. The lowest BCUT2D eigenvalue weighted by Crippen LogP contribution is -2.52. The van der Waals surface area contributed by atoms with Crippen LogP contribution in [0, 0.1) is 6.92 Å². The number of nitrogens with one attached hydrogen (secondary N) is 1. The third kappa shape index (κ3) is 3.15. The number of halogens is 1. The van der Waals surface area contributed by atoms with Crippen LogP contribution >= 0.6 is 12.4 Å². The first-order chi connectivity index (χ1) is 8.12. The Labute approximate surface area is 113 Å². The summed E-state index contributed by atoms with van der Waals surface area (Å²) in [5.41, 5.74) is -0.00375. The summed E-state index contributed by atoms with van der Waals surface area (Å²) in [7, 11) is 0. The van der Waals surface area contributed by atoms with E-state index in [4.69, 9.17) is 4.74 Å². The lowest BCUT2D eigenvalue weighted by molar-refractivity contribution is -0.157. The second-order valence-corrected chi connectivity index (χ2v) is 4.47. The highest BCUT2D eigenvalue weighted by atomic mass is 35.5. The minimum atomic E-state index is -1.07. The molecule has 100 valence electrons. The maximum Gasteiger partial charge on any atom is 0.348 e. The van der Waals surface area contributed by atoms with E-state index >= 15 is 0 Å². The van der Waals surface area contributed by atoms with E-state index in [2.05, 4.69) is 5.32 Å². The van der Waals surface area contributed by atoms with Crippen LogP contribution in [0.3, 0.4) is 0 Å². The van der Waals surface area contributed by atoms with Crippen molar-refractivity contribution in [1.29, 1.82) is 0 Å². The summed E-state index contributed by atoms with van der Waals surface area (Å²) in [6.45, 7) is 3.32. The van der Waals surface area contributed by atoms with Gasteiger partial charge in [0.15, 0.2) is 0 Å². The van der Waals surface area contributed by atoms with Crippen molar-refractivity contribution in [3.05, 3.63) is 29.8 Å². The van der Waals surface area contributed by atoms with Gasteiger partial charge in [0.05, 0.1) is 0 Å². The molecule has 1 aromatic carbocycles. The smallest absolute Gasteiger partial charge is 0.348 e. The summed E-state index contributed by atoms with van der Waals surface area (Å²) in [4.78, 5) is 11.4. The molecule has 5 heteroatoms. The van der Waals surface area contributed by atoms with Crippen molar-refractivity contribution in [3.63, 3.8) is 0 Å². The summed E-state index contributed by atoms with van der Waals surface area (Å²) < 4.78 is 5.75. The second kappa shape index (κ2) is 6.07. The van der Waals surface area contributed by atoms with Crippen molar-refractivity contribution < 1.29 is 14.6 Å². The molecule has 0 unspecified atom stereocenters. The van der Waals surface area contributed by atoms with Crippen molar-refractivity contribution in [3.8, 4) is 5.75 Å². The lowest BCUT2D eigenvalue weighted by atomic mass is 9.92. The van der Waals surface area contributed by atoms with Gasteiger partial charge in [0.25, 0.3) is 0 Å². The van der Waals surface area contributed by atoms with Crippen molar-refractivity contribution in [1.82, 2.24) is 5.32 Å². The largest absolute Gasteiger partial charge is 0.478 e. The van der Waals surface area contributed by atoms with Crippen LogP contribution in [0.5, 0.6) is 5.75 Å². The highest BCUT2D eigenvalue weighted by molar-refractivity contribution is 5.85. The average molecular weight is 272 g/mol. The number of rotatable bonds is 3. The highest BCUT2D eigenvalue weighted by Gasteiger charge is 2.42. The van der Waals surface area contributed by atoms with E-state index in [1.807, 2.05) is 25.1 Å². The van der Waals surface area contributed by atoms with Gasteiger partial charge in [0.2, 0.25) is 5.60 Å². The Morgan fingerprint density at radius 2 is 2.06 bits per heavy atom. The fraction of sp³-hybridized carbons (Fsp3) is 0.462. The monoisotopic (exact) mass is 271 g/mol. The quantitative estimate of drug-likeness (QED) is 0.883. The zero-order chi connectivity index (χ0) is 12.3. The molecule has 1 saturated heterocycles. The molecule has 0 atom stereocenters. The molecule has 0 amide bonds. The Morgan fingerprint density at radius 3 is 2.61 bits per heavy atom. The minimum Gasteiger partial charge on any atom is -0.478 e. The molecule has 18 heavy (non-hydrogen) atoms. The normalized spacial score (nSPS) is 17.6. The Morgan fingerprint density at radius 1 is 1.39 bits per heavy atom. The molecule has 0 aromatic heterocycles. The van der Waals surface area contributed by atoms with E-state index in [0.29, 0.717) is 31.7 Å². The number of aliphatic carboxylic acids is 1. The zero-order valence-corrected chi connectivity index (χ0v) is 11.1. The van der Waals surface area contributed by atoms with Crippen molar-refractivity contribution in [2.24, 2.45) is 0 Å². The molecular weight excluding hydrogens is 254 g/mol. The summed E-state index contributed by atoms with van der Waals surface area (Å²) >= 11 is 0. The number of benzene rings is 1. The van der Waals surface area contributed by atoms with Gasteiger partial charge in [-0.3, -0.25) is 0 Å². The maximum atomic E-state index is 11.4. The van der Waals surface area contributed by atoms with Gasteiger partial charge < -0.3 is 15.2 Å². The zero-order valence-electron chi connectivity index (χ0n) is 10.3. The number of ether oxygens (including phenoxy) is 1. The molecule has 2 rings (SSSR count). The molecule has 0 spiro atoms. The molecule has 1 aromatic rings. The van der Waals surface area contributed by atoms with Gasteiger partial charge in [0, 0.05) is 12.8 Å². The third-order valence-corrected chi connectivity index (χ3v) is 3.10. The van der Waals surface area contributed by atoms with E-state index in [9.17, 15) is 9.90 Å². The SMILES string of the molecule is Cc1cccc(OC2(C(=O)O)CCNCC2)c1.Cl. The van der Waals surface area contributed by atoms with Gasteiger partial charge in [-0.2, -0.15) is 0 Å². The standard InChI is InChI=1S/C13H17NO3.ClH/c1-10-3-2-4-11(9-10)17-13(12(15)16)5-7-14-8-6-13;/h2-4,9,14H,5-8H2,1H3,(H,15,16);1H. The number of carbonyl (C=O) groups is 1. The second-order valence-electron chi connectivity index (χ2n) is 4.47. The molecular formula is C13H18ClNO3. The molecule has 0 saturated carbocycles. The molecule has 1 fully saturated rings. The third-order valence-electron chi connectivity index (χ3n) is 3.10. The molecule has 0 radical (unpaired) electrons. The van der Waals surface area contributed by atoms with Crippen LogP contribution in [0.2, 0.25) is 0 Å². The Hall–Kier alpha value is -1.26. The Kier molecular flexibility index (Phi) is 4.99. The summed E-state index contributed by atoms with van der Waals surface area (Å²) in [5, 5.41) is 12.5. The van der Waals surface area contributed by atoms with Gasteiger partial charge in [0.1, 0.15) is 5.75 Å². The first-order valence-corrected chi connectivity index (χ1v) is 5.82. The average Bonchev–Trinajstić information content (AvgIpc) is 2.30. The van der Waals surface area contributed by atoms with Gasteiger partial charge >= 0.3 is 5.97 Å². The fourth-order valence-corrected chi connectivity index (χ4v) is 2.09. The number of hydrogen-bond donors (Lipinski definition) is 2. The molecule has 0 aliphatic carbocycles. The van der Waals surface area contributed by atoms with Crippen LogP contribution in [0.1, 0.15) is 18.4 Å². The number of piperidine rings is 1. The van der Waals surface area contributed by atoms with Crippen LogP contribution in [0.4, 0.5) is 0 Å². The van der Waals surface area contributed by atoms with Crippen LogP contribution in [0.15, 0.2) is 24.3 Å². The number of hydrogen-bond acceptors (Lipinski definition) is 3. The molecule has 4 nitrogen and oxygen atoms in total. The Bertz CT molecular complexity index is 416. The minimum absolute atomic E-state index is 0. The van der Waals surface area contributed by atoms with E-state index in [0.717, 1.165) is 5.56 Å². The van der Waals surface area contributed by atoms with Crippen molar-refractivity contribution in [2.45, 2.75) is 25.4 Å².